The van der Waals surface area contributed by atoms with Gasteiger partial charge in [-0.05, 0) is 24.3 Å². The fourth-order valence-electron chi connectivity index (χ4n) is 2.17. The third-order valence-corrected chi connectivity index (χ3v) is 3.67. The maximum absolute atomic E-state index is 13.8. The summed E-state index contributed by atoms with van der Waals surface area (Å²) in [5, 5.41) is 3.08. The Morgan fingerprint density at radius 3 is 2.68 bits per heavy atom. The second-order valence-corrected chi connectivity index (χ2v) is 5.59. The molecule has 0 saturated heterocycles. The van der Waals surface area contributed by atoms with Crippen molar-refractivity contribution < 1.29 is 9.18 Å². The Bertz CT molecular complexity index is 937. The molecule has 0 atom stereocenters. The second kappa shape index (κ2) is 5.73. The molecule has 0 spiro atoms. The van der Waals surface area contributed by atoms with Gasteiger partial charge < -0.3 is 10.3 Å². The van der Waals surface area contributed by atoms with Crippen molar-refractivity contribution in [2.45, 2.75) is 0 Å². The van der Waals surface area contributed by atoms with Gasteiger partial charge in [0.05, 0.1) is 11.3 Å². The van der Waals surface area contributed by atoms with Crippen molar-refractivity contribution in [2.75, 3.05) is 5.32 Å². The maximum atomic E-state index is 13.8. The molecular weight excluding hydrogens is 351 g/mol. The topological polar surface area (TPSA) is 62.0 Å². The average molecular weight is 361 g/mol. The number of aromatic amines is 1. The summed E-state index contributed by atoms with van der Waals surface area (Å²) in [6, 6.07) is 12.5. The van der Waals surface area contributed by atoms with Crippen LogP contribution in [0.15, 0.2) is 57.8 Å². The van der Waals surface area contributed by atoms with Crippen molar-refractivity contribution in [2.24, 2.45) is 0 Å². The molecule has 0 radical (unpaired) electrons. The van der Waals surface area contributed by atoms with Crippen LogP contribution in [0.5, 0.6) is 0 Å². The lowest BCUT2D eigenvalue weighted by Gasteiger charge is -2.09. The summed E-state index contributed by atoms with van der Waals surface area (Å²) in [6.07, 6.45) is 0. The highest BCUT2D eigenvalue weighted by Gasteiger charge is 2.13. The summed E-state index contributed by atoms with van der Waals surface area (Å²) in [6.45, 7) is 0. The van der Waals surface area contributed by atoms with Crippen LogP contribution in [0, 0.1) is 5.82 Å². The van der Waals surface area contributed by atoms with Crippen LogP contribution in [0.1, 0.15) is 10.4 Å². The molecule has 0 aliphatic rings. The molecule has 110 valence electrons. The standard InChI is InChI=1S/C16H10BrFN2O2/c17-9-5-6-14(12(18)7-9)20-16(22)11-8-15(21)19-13-4-2-1-3-10(11)13/h1-8H,(H,19,21)(H,20,22). The maximum Gasteiger partial charge on any atom is 0.256 e. The zero-order chi connectivity index (χ0) is 15.7. The second-order valence-electron chi connectivity index (χ2n) is 4.67. The van der Waals surface area contributed by atoms with Crippen LogP contribution in [-0.4, -0.2) is 10.9 Å². The van der Waals surface area contributed by atoms with Crippen molar-refractivity contribution in [3.8, 4) is 0 Å². The molecule has 0 bridgehead atoms. The van der Waals surface area contributed by atoms with Crippen molar-refractivity contribution in [1.82, 2.24) is 4.98 Å². The Morgan fingerprint density at radius 2 is 1.91 bits per heavy atom. The van der Waals surface area contributed by atoms with Crippen LogP contribution in [0.3, 0.4) is 0 Å². The highest BCUT2D eigenvalue weighted by molar-refractivity contribution is 9.10. The van der Waals surface area contributed by atoms with Crippen LogP contribution in [0.2, 0.25) is 0 Å². The third-order valence-electron chi connectivity index (χ3n) is 3.17. The molecular formula is C16H10BrFN2O2. The number of amides is 1. The van der Waals surface area contributed by atoms with E-state index in [4.69, 9.17) is 0 Å². The average Bonchev–Trinajstić information content (AvgIpc) is 2.49. The fourth-order valence-corrected chi connectivity index (χ4v) is 2.51. The molecule has 0 unspecified atom stereocenters. The van der Waals surface area contributed by atoms with Gasteiger partial charge in [0.1, 0.15) is 5.82 Å². The van der Waals surface area contributed by atoms with E-state index in [1.54, 1.807) is 30.3 Å². The Hall–Kier alpha value is -2.47. The number of carbonyl (C=O) groups is 1. The summed E-state index contributed by atoms with van der Waals surface area (Å²) in [7, 11) is 0. The van der Waals surface area contributed by atoms with Crippen molar-refractivity contribution in [1.29, 1.82) is 0 Å². The van der Waals surface area contributed by atoms with Crippen LogP contribution < -0.4 is 10.9 Å². The predicted molar refractivity (Wildman–Crippen MR) is 86.6 cm³/mol. The number of nitrogens with one attached hydrogen (secondary N) is 2. The van der Waals surface area contributed by atoms with Gasteiger partial charge in [-0.3, -0.25) is 9.59 Å². The van der Waals surface area contributed by atoms with E-state index < -0.39 is 11.7 Å². The van der Waals surface area contributed by atoms with Crippen molar-refractivity contribution in [3.05, 3.63) is 74.7 Å². The first-order chi connectivity index (χ1) is 10.5. The lowest BCUT2D eigenvalue weighted by Crippen LogP contribution is -2.17. The third kappa shape index (κ3) is 2.78. The fraction of sp³-hybridized carbons (Fsp3) is 0. The molecule has 4 nitrogen and oxygen atoms in total. The summed E-state index contributed by atoms with van der Waals surface area (Å²) >= 11 is 3.15. The Kier molecular flexibility index (Phi) is 3.77. The van der Waals surface area contributed by atoms with Crippen LogP contribution in [-0.2, 0) is 0 Å². The van der Waals surface area contributed by atoms with E-state index in [2.05, 4.69) is 26.2 Å². The number of H-pyrrole nitrogens is 1. The Morgan fingerprint density at radius 1 is 1.14 bits per heavy atom. The number of anilines is 1. The summed E-state index contributed by atoms with van der Waals surface area (Å²) in [5.41, 5.74) is 0.413. The molecule has 0 aliphatic carbocycles. The number of benzene rings is 2. The van der Waals surface area contributed by atoms with E-state index in [0.717, 1.165) is 0 Å². The molecule has 0 aliphatic heterocycles. The SMILES string of the molecule is O=C(Nc1ccc(Br)cc1F)c1cc(=O)[nH]c2ccccc12. The first kappa shape index (κ1) is 14.5. The minimum absolute atomic E-state index is 0.0533. The number of halogens is 2. The lowest BCUT2D eigenvalue weighted by atomic mass is 10.1. The number of rotatable bonds is 2. The molecule has 6 heteroatoms. The van der Waals surface area contributed by atoms with Gasteiger partial charge in [-0.25, -0.2) is 4.39 Å². The van der Waals surface area contributed by atoms with Gasteiger partial charge in [0.25, 0.3) is 5.91 Å². The normalized spacial score (nSPS) is 10.6. The Balaban J connectivity index is 2.04. The van der Waals surface area contributed by atoms with Crippen LogP contribution >= 0.6 is 15.9 Å². The van der Waals surface area contributed by atoms with E-state index in [0.29, 0.717) is 15.4 Å². The van der Waals surface area contributed by atoms with Gasteiger partial charge in [-0.2, -0.15) is 0 Å². The first-order valence-electron chi connectivity index (χ1n) is 6.43. The molecule has 3 aromatic rings. The minimum Gasteiger partial charge on any atom is -0.322 e. The lowest BCUT2D eigenvalue weighted by molar-refractivity contribution is 0.102. The molecule has 1 amide bonds. The molecule has 2 aromatic carbocycles. The molecule has 22 heavy (non-hydrogen) atoms. The number of hydrogen-bond donors (Lipinski definition) is 2. The molecule has 2 N–H and O–H groups in total. The number of aromatic nitrogens is 1. The summed E-state index contributed by atoms with van der Waals surface area (Å²) in [5.74, 6) is -1.10. The van der Waals surface area contributed by atoms with E-state index in [1.165, 1.54) is 18.2 Å². The van der Waals surface area contributed by atoms with Crippen LogP contribution in [0.4, 0.5) is 10.1 Å². The zero-order valence-electron chi connectivity index (χ0n) is 11.2. The van der Waals surface area contributed by atoms with E-state index in [9.17, 15) is 14.0 Å². The zero-order valence-corrected chi connectivity index (χ0v) is 12.8. The van der Waals surface area contributed by atoms with Gasteiger partial charge in [0.15, 0.2) is 0 Å². The quantitative estimate of drug-likeness (QED) is 0.732. The van der Waals surface area contributed by atoms with Gasteiger partial charge in [0, 0.05) is 21.4 Å². The van der Waals surface area contributed by atoms with Gasteiger partial charge >= 0.3 is 0 Å². The van der Waals surface area contributed by atoms with Gasteiger partial charge in [-0.1, -0.05) is 34.1 Å². The number of para-hydroxylation sites is 1. The molecule has 1 heterocycles. The van der Waals surface area contributed by atoms with Crippen molar-refractivity contribution in [3.63, 3.8) is 0 Å². The first-order valence-corrected chi connectivity index (χ1v) is 7.22. The van der Waals surface area contributed by atoms with Crippen LogP contribution in [0.25, 0.3) is 10.9 Å². The number of fused-ring (bicyclic) bond motifs is 1. The summed E-state index contributed by atoms with van der Waals surface area (Å²) < 4.78 is 14.4. The molecule has 1 aromatic heterocycles. The minimum atomic E-state index is -0.558. The summed E-state index contributed by atoms with van der Waals surface area (Å²) in [4.78, 5) is 26.7. The molecule has 0 fully saturated rings. The molecule has 0 saturated carbocycles. The Labute approximate surface area is 133 Å². The van der Waals surface area contributed by atoms with Crippen molar-refractivity contribution >= 4 is 38.4 Å². The molecule has 3 rings (SSSR count). The highest BCUT2D eigenvalue weighted by atomic mass is 79.9. The largest absolute Gasteiger partial charge is 0.322 e. The number of carbonyl (C=O) groups excluding carboxylic acids is 1. The van der Waals surface area contributed by atoms with E-state index >= 15 is 0 Å². The van der Waals surface area contributed by atoms with Gasteiger partial charge in [0.2, 0.25) is 5.56 Å². The number of hydrogen-bond acceptors (Lipinski definition) is 2. The van der Waals surface area contributed by atoms with Gasteiger partial charge in [-0.15, -0.1) is 0 Å². The number of pyridine rings is 1. The monoisotopic (exact) mass is 360 g/mol. The highest BCUT2D eigenvalue weighted by Crippen LogP contribution is 2.21. The van der Waals surface area contributed by atoms with E-state index in [1.807, 2.05) is 0 Å². The predicted octanol–water partition coefficient (Wildman–Crippen LogP) is 3.68. The van der Waals surface area contributed by atoms with E-state index in [-0.39, 0.29) is 16.8 Å². The smallest absolute Gasteiger partial charge is 0.256 e.